The molecule has 7 nitrogen and oxygen atoms in total. The summed E-state index contributed by atoms with van der Waals surface area (Å²) in [4.78, 5) is 4.28. The van der Waals surface area contributed by atoms with Gasteiger partial charge in [0.15, 0.2) is 0 Å². The monoisotopic (exact) mass is 250 g/mol. The van der Waals surface area contributed by atoms with Crippen LogP contribution in [0.2, 0.25) is 0 Å². The van der Waals surface area contributed by atoms with Gasteiger partial charge in [-0.2, -0.15) is 0 Å². The average Bonchev–Trinajstić information content (AvgIpc) is 3.02. The van der Waals surface area contributed by atoms with Gasteiger partial charge in [0.2, 0.25) is 5.95 Å². The van der Waals surface area contributed by atoms with E-state index in [4.69, 9.17) is 4.74 Å². The van der Waals surface area contributed by atoms with Crippen molar-refractivity contribution in [2.75, 3.05) is 25.6 Å². The van der Waals surface area contributed by atoms with E-state index in [1.165, 1.54) is 0 Å². The lowest BCUT2D eigenvalue weighted by Crippen LogP contribution is -2.14. The molecule has 1 N–H and O–H groups in total. The molecule has 0 atom stereocenters. The Hall–Kier alpha value is -1.89. The molecule has 0 saturated carbocycles. The van der Waals surface area contributed by atoms with Gasteiger partial charge in [-0.25, -0.2) is 4.98 Å². The largest absolute Gasteiger partial charge is 0.385 e. The van der Waals surface area contributed by atoms with Crippen molar-refractivity contribution in [3.63, 3.8) is 0 Å². The van der Waals surface area contributed by atoms with Crippen LogP contribution >= 0.6 is 0 Å². The standard InChI is InChI=1S/C11H18N6O/c1-18-10-2-6-16-7-3-12-11(16)13-4-8-17-9-5-14-15-17/h3,5,7,9H,2,4,6,8,10H2,1H3,(H,12,13). The van der Waals surface area contributed by atoms with Gasteiger partial charge in [-0.15, -0.1) is 5.10 Å². The second-order valence-electron chi connectivity index (χ2n) is 3.88. The van der Waals surface area contributed by atoms with Gasteiger partial charge in [-0.05, 0) is 6.42 Å². The zero-order valence-corrected chi connectivity index (χ0v) is 10.5. The number of hydrogen-bond acceptors (Lipinski definition) is 5. The first kappa shape index (κ1) is 12.6. The maximum Gasteiger partial charge on any atom is 0.202 e. The summed E-state index contributed by atoms with van der Waals surface area (Å²) >= 11 is 0. The van der Waals surface area contributed by atoms with Gasteiger partial charge in [0.1, 0.15) is 0 Å². The molecular weight excluding hydrogens is 232 g/mol. The van der Waals surface area contributed by atoms with Crippen molar-refractivity contribution < 1.29 is 4.74 Å². The van der Waals surface area contributed by atoms with Crippen LogP contribution in [-0.2, 0) is 17.8 Å². The van der Waals surface area contributed by atoms with Crippen LogP contribution in [0.25, 0.3) is 0 Å². The van der Waals surface area contributed by atoms with E-state index in [-0.39, 0.29) is 0 Å². The minimum absolute atomic E-state index is 0.760. The summed E-state index contributed by atoms with van der Waals surface area (Å²) < 4.78 is 8.90. The summed E-state index contributed by atoms with van der Waals surface area (Å²) in [6, 6.07) is 0. The maximum atomic E-state index is 5.04. The fraction of sp³-hybridized carbons (Fsp3) is 0.545. The number of imidazole rings is 1. The normalized spacial score (nSPS) is 10.7. The maximum absolute atomic E-state index is 5.04. The van der Waals surface area contributed by atoms with E-state index in [2.05, 4.69) is 25.2 Å². The summed E-state index contributed by atoms with van der Waals surface area (Å²) in [5.74, 6) is 0.881. The molecule has 2 rings (SSSR count). The summed E-state index contributed by atoms with van der Waals surface area (Å²) in [6.45, 7) is 3.20. The molecule has 0 unspecified atom stereocenters. The first-order valence-electron chi connectivity index (χ1n) is 5.98. The first-order valence-corrected chi connectivity index (χ1v) is 5.98. The minimum atomic E-state index is 0.760. The molecule has 0 spiro atoms. The van der Waals surface area contributed by atoms with E-state index in [9.17, 15) is 0 Å². The third-order valence-corrected chi connectivity index (χ3v) is 2.56. The molecule has 0 aliphatic carbocycles. The number of nitrogens with zero attached hydrogens (tertiary/aromatic N) is 5. The van der Waals surface area contributed by atoms with Crippen molar-refractivity contribution in [2.45, 2.75) is 19.5 Å². The summed E-state index contributed by atoms with van der Waals surface area (Å²) in [6.07, 6.45) is 8.25. The number of aryl methyl sites for hydroxylation is 1. The van der Waals surface area contributed by atoms with Crippen LogP contribution in [-0.4, -0.2) is 44.8 Å². The molecular formula is C11H18N6O. The average molecular weight is 250 g/mol. The molecule has 0 fully saturated rings. The third kappa shape index (κ3) is 3.56. The second kappa shape index (κ2) is 6.75. The molecule has 18 heavy (non-hydrogen) atoms. The number of rotatable bonds is 8. The molecule has 0 aromatic carbocycles. The highest BCUT2D eigenvalue weighted by atomic mass is 16.5. The van der Waals surface area contributed by atoms with Crippen LogP contribution in [0.15, 0.2) is 24.8 Å². The molecule has 2 aromatic rings. The fourth-order valence-corrected chi connectivity index (χ4v) is 1.67. The van der Waals surface area contributed by atoms with E-state index >= 15 is 0 Å². The number of anilines is 1. The highest BCUT2D eigenvalue weighted by Crippen LogP contribution is 2.05. The Kier molecular flexibility index (Phi) is 4.71. The van der Waals surface area contributed by atoms with Gasteiger partial charge in [0.25, 0.3) is 0 Å². The van der Waals surface area contributed by atoms with Gasteiger partial charge in [0.05, 0.1) is 12.7 Å². The fourth-order valence-electron chi connectivity index (χ4n) is 1.67. The van der Waals surface area contributed by atoms with E-state index in [0.717, 1.165) is 38.6 Å². The van der Waals surface area contributed by atoms with E-state index in [0.29, 0.717) is 0 Å². The van der Waals surface area contributed by atoms with E-state index in [1.54, 1.807) is 24.2 Å². The molecule has 7 heteroatoms. The number of nitrogens with one attached hydrogen (secondary N) is 1. The van der Waals surface area contributed by atoms with Crippen molar-refractivity contribution in [2.24, 2.45) is 0 Å². The summed E-state index contributed by atoms with van der Waals surface area (Å²) in [5, 5.41) is 10.9. The molecule has 0 aliphatic rings. The molecule has 0 saturated heterocycles. The zero-order valence-electron chi connectivity index (χ0n) is 10.5. The van der Waals surface area contributed by atoms with Crippen LogP contribution in [0.5, 0.6) is 0 Å². The Labute approximate surface area is 106 Å². The lowest BCUT2D eigenvalue weighted by Gasteiger charge is -2.09. The zero-order chi connectivity index (χ0) is 12.6. The van der Waals surface area contributed by atoms with E-state index < -0.39 is 0 Å². The van der Waals surface area contributed by atoms with Gasteiger partial charge >= 0.3 is 0 Å². The molecule has 0 aliphatic heterocycles. The minimum Gasteiger partial charge on any atom is -0.385 e. The second-order valence-corrected chi connectivity index (χ2v) is 3.88. The smallest absolute Gasteiger partial charge is 0.202 e. The number of methoxy groups -OCH3 is 1. The third-order valence-electron chi connectivity index (χ3n) is 2.56. The van der Waals surface area contributed by atoms with Crippen LogP contribution in [0.4, 0.5) is 5.95 Å². The van der Waals surface area contributed by atoms with Crippen LogP contribution in [0, 0.1) is 0 Å². The molecule has 0 amide bonds. The van der Waals surface area contributed by atoms with Crippen LogP contribution < -0.4 is 5.32 Å². The Bertz CT molecular complexity index is 438. The van der Waals surface area contributed by atoms with Crippen molar-refractivity contribution >= 4 is 5.95 Å². The SMILES string of the molecule is COCCCn1ccnc1NCCn1ccnn1. The van der Waals surface area contributed by atoms with Crippen LogP contribution in [0.3, 0.4) is 0 Å². The van der Waals surface area contributed by atoms with Gasteiger partial charge in [-0.1, -0.05) is 5.21 Å². The lowest BCUT2D eigenvalue weighted by atomic mass is 10.4. The quantitative estimate of drug-likeness (QED) is 0.696. The van der Waals surface area contributed by atoms with Crippen molar-refractivity contribution in [3.05, 3.63) is 24.8 Å². The van der Waals surface area contributed by atoms with E-state index in [1.807, 2.05) is 12.4 Å². The molecule has 0 bridgehead atoms. The summed E-state index contributed by atoms with van der Waals surface area (Å²) in [5.41, 5.74) is 0. The number of ether oxygens (including phenoxy) is 1. The highest BCUT2D eigenvalue weighted by Gasteiger charge is 2.01. The number of aromatic nitrogens is 5. The topological polar surface area (TPSA) is 69.8 Å². The Morgan fingerprint density at radius 2 is 2.22 bits per heavy atom. The van der Waals surface area contributed by atoms with Crippen LogP contribution in [0.1, 0.15) is 6.42 Å². The summed E-state index contributed by atoms with van der Waals surface area (Å²) in [7, 11) is 1.71. The lowest BCUT2D eigenvalue weighted by molar-refractivity contribution is 0.190. The number of hydrogen-bond donors (Lipinski definition) is 1. The molecule has 2 aromatic heterocycles. The predicted octanol–water partition coefficient (Wildman–Crippen LogP) is 0.623. The van der Waals surface area contributed by atoms with Gasteiger partial charge in [-0.3, -0.25) is 4.68 Å². The van der Waals surface area contributed by atoms with Crippen molar-refractivity contribution in [3.8, 4) is 0 Å². The molecule has 0 radical (unpaired) electrons. The Morgan fingerprint density at radius 3 is 3.00 bits per heavy atom. The van der Waals surface area contributed by atoms with Crippen molar-refractivity contribution in [1.82, 2.24) is 24.5 Å². The Balaban J connectivity index is 1.76. The van der Waals surface area contributed by atoms with Crippen molar-refractivity contribution in [1.29, 1.82) is 0 Å². The predicted molar refractivity (Wildman–Crippen MR) is 67.2 cm³/mol. The Morgan fingerprint density at radius 1 is 1.28 bits per heavy atom. The molecule has 98 valence electrons. The molecule has 2 heterocycles. The van der Waals surface area contributed by atoms with Gasteiger partial charge < -0.3 is 14.6 Å². The first-order chi connectivity index (χ1) is 8.90. The highest BCUT2D eigenvalue weighted by molar-refractivity contribution is 5.25. The van der Waals surface area contributed by atoms with Gasteiger partial charge in [0, 0.05) is 45.4 Å².